The highest BCUT2D eigenvalue weighted by molar-refractivity contribution is 6.91. The molecule has 0 spiro atoms. The number of aryl methyl sites for hydroxylation is 1. The van der Waals surface area contributed by atoms with Crippen molar-refractivity contribution in [1.82, 2.24) is 0 Å². The summed E-state index contributed by atoms with van der Waals surface area (Å²) in [6.07, 6.45) is 6.06. The molecule has 0 aliphatic carbocycles. The second kappa shape index (κ2) is 16.4. The van der Waals surface area contributed by atoms with Crippen molar-refractivity contribution in [3.8, 4) is 17.2 Å². The van der Waals surface area contributed by atoms with E-state index < -0.39 is 50.9 Å². The van der Waals surface area contributed by atoms with Gasteiger partial charge in [-0.2, -0.15) is 5.26 Å². The van der Waals surface area contributed by atoms with Crippen molar-refractivity contribution < 1.29 is 20.6 Å². The third-order valence-electron chi connectivity index (χ3n) is 7.47. The van der Waals surface area contributed by atoms with E-state index >= 15 is 0 Å². The summed E-state index contributed by atoms with van der Waals surface area (Å²) in [5.41, 5.74) is 4.27. The molecule has 0 radical (unpaired) electrons. The highest BCUT2D eigenvalue weighted by atomic mass is 28.5. The molecule has 0 aliphatic heterocycles. The summed E-state index contributed by atoms with van der Waals surface area (Å²) in [5, 5.41) is 9.06. The van der Waals surface area contributed by atoms with Crippen molar-refractivity contribution in [2.24, 2.45) is 0 Å². The van der Waals surface area contributed by atoms with E-state index in [9.17, 15) is 0 Å². The van der Waals surface area contributed by atoms with Gasteiger partial charge in [-0.3, -0.25) is 0 Å². The van der Waals surface area contributed by atoms with Crippen LogP contribution < -0.4 is 0 Å². The average Bonchev–Trinajstić information content (AvgIpc) is 2.87. The lowest BCUT2D eigenvalue weighted by atomic mass is 10.0. The van der Waals surface area contributed by atoms with E-state index in [0.29, 0.717) is 5.56 Å². The van der Waals surface area contributed by atoms with Gasteiger partial charge in [-0.15, -0.1) is 0 Å². The lowest BCUT2D eigenvalue weighted by molar-refractivity contribution is 0.281. The molecule has 0 fully saturated rings. The molecule has 6 nitrogen and oxygen atoms in total. The second-order valence-electron chi connectivity index (χ2n) is 15.3. The van der Waals surface area contributed by atoms with Gasteiger partial charge in [0.25, 0.3) is 0 Å². The predicted octanol–water partition coefficient (Wildman–Crippen LogP) is 10.6. The zero-order valence-electron chi connectivity index (χ0n) is 30.6. The monoisotopic (exact) mass is 719 g/mol. The fourth-order valence-corrected chi connectivity index (χ4v) is 36.1. The fraction of sp³-hybridized carbons (Fsp3) is 0.606. The Bertz CT molecular complexity index is 1240. The van der Waals surface area contributed by atoms with Gasteiger partial charge in [-0.05, 0) is 126 Å². The van der Waals surface area contributed by atoms with Gasteiger partial charge in [-0.1, -0.05) is 69.0 Å². The zero-order chi connectivity index (χ0) is 34.2. The first-order valence-electron chi connectivity index (χ1n) is 16.7. The Kier molecular flexibility index (Phi) is 14.7. The van der Waals surface area contributed by atoms with Crippen LogP contribution in [0.15, 0.2) is 48.5 Å². The summed E-state index contributed by atoms with van der Waals surface area (Å²) >= 11 is 0. The maximum atomic E-state index is 9.06. The number of unbranched alkanes of at least 4 members (excludes halogenated alkanes) is 3. The van der Waals surface area contributed by atoms with Crippen LogP contribution in [0, 0.1) is 11.3 Å². The Morgan fingerprint density at radius 1 is 0.511 bits per heavy atom. The number of nitriles is 1. The Hall–Kier alpha value is -0.969. The van der Waals surface area contributed by atoms with E-state index in [2.05, 4.69) is 116 Å². The van der Waals surface area contributed by atoms with Crippen LogP contribution in [0.5, 0.6) is 0 Å². The van der Waals surface area contributed by atoms with Gasteiger partial charge in [0.15, 0.2) is 16.6 Å². The summed E-state index contributed by atoms with van der Waals surface area (Å²) in [6, 6.07) is 20.9. The summed E-state index contributed by atoms with van der Waals surface area (Å²) in [4.78, 5) is 0. The SMILES string of the molecule is CCCCCC[Si](C)(C)O[Si](C)(C)O[Si](C)(C)O[Si](C)(C)O[Si](C)(C)O[Si](C)(C)CCc1ccc(-c2ccc(C#N)cc2)cc1. The van der Waals surface area contributed by atoms with Crippen LogP contribution in [0.4, 0.5) is 0 Å². The molecule has 2 aromatic carbocycles. The summed E-state index contributed by atoms with van der Waals surface area (Å²) in [5.74, 6) is 0. The van der Waals surface area contributed by atoms with Gasteiger partial charge in [0, 0.05) is 0 Å². The molecule has 0 bridgehead atoms. The molecule has 2 rings (SSSR count). The molecule has 0 saturated carbocycles. The molecule has 0 amide bonds. The Morgan fingerprint density at radius 3 is 1.33 bits per heavy atom. The molecular formula is C33H61NO5Si6. The van der Waals surface area contributed by atoms with E-state index in [4.69, 9.17) is 25.8 Å². The highest BCUT2D eigenvalue weighted by Gasteiger charge is 2.47. The van der Waals surface area contributed by atoms with Crippen molar-refractivity contribution in [3.05, 3.63) is 59.7 Å². The normalized spacial score (nSPS) is 13.6. The third kappa shape index (κ3) is 15.7. The number of benzene rings is 2. The molecule has 45 heavy (non-hydrogen) atoms. The standard InChI is InChI=1S/C33H61NO5Si6/c1-14-15-16-17-27-40(2,3)35-42(6,7)37-44(10,11)39-45(12,13)38-43(8,9)36-41(4,5)28-26-30-18-22-32(23-19-30)33-24-20-31(29-34)21-25-33/h18-25H,14-17,26-28H2,1-13H3. The van der Waals surface area contributed by atoms with Crippen molar-refractivity contribution in [2.75, 3.05) is 0 Å². The fourth-order valence-electron chi connectivity index (χ4n) is 6.32. The van der Waals surface area contributed by atoms with Crippen molar-refractivity contribution in [2.45, 2.75) is 130 Å². The van der Waals surface area contributed by atoms with Gasteiger partial charge >= 0.3 is 34.2 Å². The second-order valence-corrected chi connectivity index (χ2v) is 38.6. The Labute approximate surface area is 282 Å². The molecule has 0 atom stereocenters. The van der Waals surface area contributed by atoms with Gasteiger partial charge in [0.1, 0.15) is 0 Å². The van der Waals surface area contributed by atoms with Crippen molar-refractivity contribution in [1.29, 1.82) is 5.26 Å². The van der Waals surface area contributed by atoms with Crippen molar-refractivity contribution in [3.63, 3.8) is 0 Å². The minimum absolute atomic E-state index is 0.680. The predicted molar refractivity (Wildman–Crippen MR) is 204 cm³/mol. The van der Waals surface area contributed by atoms with E-state index in [1.807, 2.05) is 24.3 Å². The Morgan fingerprint density at radius 2 is 0.911 bits per heavy atom. The van der Waals surface area contributed by atoms with Gasteiger partial charge < -0.3 is 20.6 Å². The van der Waals surface area contributed by atoms with E-state index in [1.54, 1.807) is 0 Å². The van der Waals surface area contributed by atoms with Gasteiger partial charge in [0.2, 0.25) is 0 Å². The quantitative estimate of drug-likeness (QED) is 0.106. The highest BCUT2D eigenvalue weighted by Crippen LogP contribution is 2.30. The summed E-state index contributed by atoms with van der Waals surface area (Å²) in [7, 11) is -13.7. The Balaban J connectivity index is 1.93. The summed E-state index contributed by atoms with van der Waals surface area (Å²) < 4.78 is 34.0. The number of rotatable bonds is 19. The van der Waals surface area contributed by atoms with E-state index in [0.717, 1.165) is 23.6 Å². The first-order chi connectivity index (χ1) is 20.6. The van der Waals surface area contributed by atoms with Crippen LogP contribution >= 0.6 is 0 Å². The number of nitrogens with zero attached hydrogens (tertiary/aromatic N) is 1. The van der Waals surface area contributed by atoms with Crippen LogP contribution in [0.2, 0.25) is 90.7 Å². The lowest BCUT2D eigenvalue weighted by Gasteiger charge is -2.43. The van der Waals surface area contributed by atoms with Crippen LogP contribution in [-0.4, -0.2) is 50.9 Å². The minimum Gasteiger partial charge on any atom is -0.436 e. The van der Waals surface area contributed by atoms with Crippen molar-refractivity contribution >= 4 is 50.9 Å². The van der Waals surface area contributed by atoms with Gasteiger partial charge in [0.05, 0.1) is 11.6 Å². The maximum absolute atomic E-state index is 9.06. The first-order valence-corrected chi connectivity index (χ1v) is 34.2. The number of hydrogen-bond acceptors (Lipinski definition) is 6. The van der Waals surface area contributed by atoms with E-state index in [1.165, 1.54) is 37.3 Å². The smallest absolute Gasteiger partial charge is 0.314 e. The molecule has 12 heteroatoms. The molecule has 0 aromatic heterocycles. The molecule has 0 N–H and O–H groups in total. The zero-order valence-corrected chi connectivity index (χ0v) is 36.6. The van der Waals surface area contributed by atoms with Gasteiger partial charge in [-0.25, -0.2) is 0 Å². The largest absolute Gasteiger partial charge is 0.436 e. The third-order valence-corrected chi connectivity index (χ3v) is 30.6. The van der Waals surface area contributed by atoms with Crippen LogP contribution in [0.3, 0.4) is 0 Å². The molecule has 0 heterocycles. The van der Waals surface area contributed by atoms with Crippen LogP contribution in [0.25, 0.3) is 11.1 Å². The molecule has 252 valence electrons. The summed E-state index contributed by atoms with van der Waals surface area (Å²) in [6.45, 7) is 28.7. The molecule has 0 unspecified atom stereocenters. The molecule has 0 aliphatic rings. The number of hydrogen-bond donors (Lipinski definition) is 0. The average molecular weight is 720 g/mol. The minimum atomic E-state index is -2.54. The van der Waals surface area contributed by atoms with Crippen LogP contribution in [0.1, 0.15) is 43.7 Å². The molecule has 0 saturated heterocycles. The maximum Gasteiger partial charge on any atom is 0.314 e. The topological polar surface area (TPSA) is 69.9 Å². The first kappa shape index (κ1) is 40.2. The van der Waals surface area contributed by atoms with Crippen LogP contribution in [-0.2, 0) is 27.0 Å². The molecular weight excluding hydrogens is 659 g/mol. The molecule has 2 aromatic rings. The van der Waals surface area contributed by atoms with E-state index in [-0.39, 0.29) is 0 Å². The lowest BCUT2D eigenvalue weighted by Crippen LogP contribution is -2.60.